The number of aromatic nitrogens is 8. The van der Waals surface area contributed by atoms with E-state index in [2.05, 4.69) is 54.2 Å². The molecule has 0 radical (unpaired) electrons. The molecule has 4 aromatic heterocycles. The van der Waals surface area contributed by atoms with Crippen molar-refractivity contribution >= 4 is 17.1 Å². The molecule has 0 atom stereocenters. The minimum absolute atomic E-state index is 0.279. The number of esters is 1. The summed E-state index contributed by atoms with van der Waals surface area (Å²) in [6.07, 6.45) is 3.51. The lowest BCUT2D eigenvalue weighted by Gasteiger charge is -2.11. The highest BCUT2D eigenvalue weighted by Gasteiger charge is 2.18. The van der Waals surface area contributed by atoms with E-state index in [-0.39, 0.29) is 5.69 Å². The second-order valence-electron chi connectivity index (χ2n) is 8.20. The monoisotopic (exact) mass is 468 g/mol. The van der Waals surface area contributed by atoms with Crippen LogP contribution in [0, 0.1) is 6.92 Å². The van der Waals surface area contributed by atoms with Gasteiger partial charge in [0.1, 0.15) is 11.3 Å². The molecule has 0 bridgehead atoms. The first-order valence-electron chi connectivity index (χ1n) is 11.3. The topological polar surface area (TPSA) is 124 Å². The second kappa shape index (κ2) is 9.41. The van der Waals surface area contributed by atoms with Gasteiger partial charge in [-0.05, 0) is 53.1 Å². The summed E-state index contributed by atoms with van der Waals surface area (Å²) in [6.45, 7) is 4.63. The van der Waals surface area contributed by atoms with E-state index in [0.717, 1.165) is 52.1 Å². The van der Waals surface area contributed by atoms with Crippen LogP contribution < -0.4 is 0 Å². The number of ether oxygens (including phenoxy) is 1. The summed E-state index contributed by atoms with van der Waals surface area (Å²) in [7, 11) is 1.36. The number of tetrazole rings is 1. The Labute approximate surface area is 201 Å². The van der Waals surface area contributed by atoms with Gasteiger partial charge in [0.05, 0.1) is 19.3 Å². The number of nitrogens with zero attached hydrogens (tertiary/aromatic N) is 7. The Morgan fingerprint density at radius 3 is 2.69 bits per heavy atom. The maximum Gasteiger partial charge on any atom is 0.356 e. The molecule has 0 amide bonds. The smallest absolute Gasteiger partial charge is 0.356 e. The molecule has 0 spiro atoms. The van der Waals surface area contributed by atoms with Gasteiger partial charge in [-0.3, -0.25) is 4.98 Å². The summed E-state index contributed by atoms with van der Waals surface area (Å²) < 4.78 is 6.98. The molecule has 0 saturated carbocycles. The van der Waals surface area contributed by atoms with Crippen LogP contribution in [0.1, 0.15) is 40.8 Å². The molecule has 0 aliphatic heterocycles. The van der Waals surface area contributed by atoms with Crippen molar-refractivity contribution in [3.63, 3.8) is 0 Å². The number of fused-ring (bicyclic) bond motifs is 1. The quantitative estimate of drug-likeness (QED) is 0.358. The van der Waals surface area contributed by atoms with Crippen LogP contribution in [0.4, 0.5) is 0 Å². The highest BCUT2D eigenvalue weighted by molar-refractivity contribution is 5.91. The number of pyridine rings is 2. The number of hydrogen-bond acceptors (Lipinski definition) is 8. The van der Waals surface area contributed by atoms with Gasteiger partial charge in [-0.25, -0.2) is 19.9 Å². The molecule has 0 aliphatic carbocycles. The molecule has 1 aromatic carbocycles. The Hall–Kier alpha value is -4.47. The molecule has 0 saturated heterocycles. The van der Waals surface area contributed by atoms with E-state index in [1.807, 2.05) is 31.2 Å². The summed E-state index contributed by atoms with van der Waals surface area (Å²) in [5.74, 6) is 1.04. The zero-order valence-electron chi connectivity index (χ0n) is 19.7. The van der Waals surface area contributed by atoms with E-state index < -0.39 is 5.97 Å². The number of methoxy groups -OCH3 is 1. The number of aryl methyl sites for hydroxylation is 2. The lowest BCUT2D eigenvalue weighted by Crippen LogP contribution is -2.09. The number of carbonyl (C=O) groups is 1. The van der Waals surface area contributed by atoms with Crippen molar-refractivity contribution in [2.24, 2.45) is 0 Å². The van der Waals surface area contributed by atoms with Crippen LogP contribution in [-0.4, -0.2) is 53.2 Å². The van der Waals surface area contributed by atoms with Crippen molar-refractivity contribution in [2.75, 3.05) is 7.11 Å². The van der Waals surface area contributed by atoms with E-state index in [1.54, 1.807) is 12.3 Å². The lowest BCUT2D eigenvalue weighted by atomic mass is 10.0. The third-order valence-corrected chi connectivity index (χ3v) is 5.82. The molecule has 4 heterocycles. The fourth-order valence-electron chi connectivity index (χ4n) is 4.13. The molecule has 5 aromatic rings. The fourth-order valence-corrected chi connectivity index (χ4v) is 4.13. The van der Waals surface area contributed by atoms with Gasteiger partial charge in [-0.1, -0.05) is 31.2 Å². The van der Waals surface area contributed by atoms with Gasteiger partial charge in [-0.2, -0.15) is 0 Å². The first-order chi connectivity index (χ1) is 17.1. The van der Waals surface area contributed by atoms with Crippen molar-refractivity contribution in [3.05, 3.63) is 71.3 Å². The highest BCUT2D eigenvalue weighted by atomic mass is 16.5. The average molecular weight is 469 g/mol. The van der Waals surface area contributed by atoms with Gasteiger partial charge in [0.2, 0.25) is 0 Å². The van der Waals surface area contributed by atoms with E-state index in [4.69, 9.17) is 9.72 Å². The lowest BCUT2D eigenvalue weighted by molar-refractivity contribution is 0.0594. The van der Waals surface area contributed by atoms with Crippen LogP contribution in [0.2, 0.25) is 0 Å². The number of imidazole rings is 1. The minimum atomic E-state index is -0.461. The Morgan fingerprint density at radius 1 is 1.14 bits per heavy atom. The largest absolute Gasteiger partial charge is 0.464 e. The molecule has 10 nitrogen and oxygen atoms in total. The Bertz CT molecular complexity index is 1490. The molecule has 0 fully saturated rings. The standard InChI is InChI=1S/C25H24N8O2/c1-4-6-20-28-21-15(2)13-19(25(34)35-3)27-24(21)33(20)14-16-8-10-17(11-9-16)22-18(7-5-12-26-22)23-29-31-32-30-23/h5,7-13H,4,6,14H2,1-3H3,(H,29,30,31,32). The van der Waals surface area contributed by atoms with Gasteiger partial charge in [-0.15, -0.1) is 5.10 Å². The molecule has 10 heteroatoms. The zero-order valence-corrected chi connectivity index (χ0v) is 19.7. The van der Waals surface area contributed by atoms with Gasteiger partial charge in [0.25, 0.3) is 0 Å². The minimum Gasteiger partial charge on any atom is -0.464 e. The summed E-state index contributed by atoms with van der Waals surface area (Å²) in [5, 5.41) is 14.2. The zero-order chi connectivity index (χ0) is 24.4. The van der Waals surface area contributed by atoms with E-state index in [0.29, 0.717) is 18.0 Å². The third kappa shape index (κ3) is 4.25. The summed E-state index contributed by atoms with van der Waals surface area (Å²) >= 11 is 0. The maximum atomic E-state index is 12.2. The number of H-pyrrole nitrogens is 1. The number of hydrogen-bond donors (Lipinski definition) is 1. The number of benzene rings is 1. The van der Waals surface area contributed by atoms with E-state index in [9.17, 15) is 4.79 Å². The first-order valence-corrected chi connectivity index (χ1v) is 11.3. The van der Waals surface area contributed by atoms with Crippen LogP contribution in [0.5, 0.6) is 0 Å². The van der Waals surface area contributed by atoms with Crippen molar-refractivity contribution in [3.8, 4) is 22.6 Å². The first kappa shape index (κ1) is 22.3. The molecule has 0 unspecified atom stereocenters. The molecule has 5 rings (SSSR count). The number of nitrogens with one attached hydrogen (secondary N) is 1. The second-order valence-corrected chi connectivity index (χ2v) is 8.20. The van der Waals surface area contributed by atoms with Crippen LogP contribution in [0.15, 0.2) is 48.7 Å². The molecular formula is C25H24N8O2. The Kier molecular flexibility index (Phi) is 6.01. The van der Waals surface area contributed by atoms with Crippen molar-refractivity contribution in [1.82, 2.24) is 40.1 Å². The predicted octanol–water partition coefficient (Wildman–Crippen LogP) is 3.77. The predicted molar refractivity (Wildman–Crippen MR) is 130 cm³/mol. The third-order valence-electron chi connectivity index (χ3n) is 5.82. The van der Waals surface area contributed by atoms with Gasteiger partial charge >= 0.3 is 5.97 Å². The van der Waals surface area contributed by atoms with Crippen molar-refractivity contribution in [1.29, 1.82) is 0 Å². The number of carbonyl (C=O) groups excluding carboxylic acids is 1. The van der Waals surface area contributed by atoms with Gasteiger partial charge in [0, 0.05) is 23.7 Å². The van der Waals surface area contributed by atoms with E-state index >= 15 is 0 Å². The molecule has 35 heavy (non-hydrogen) atoms. The average Bonchev–Trinajstić information content (AvgIpc) is 3.54. The van der Waals surface area contributed by atoms with Crippen LogP contribution >= 0.6 is 0 Å². The summed E-state index contributed by atoms with van der Waals surface area (Å²) in [4.78, 5) is 26.2. The fraction of sp³-hybridized carbons (Fsp3) is 0.240. The Morgan fingerprint density at radius 2 is 1.97 bits per heavy atom. The highest BCUT2D eigenvalue weighted by Crippen LogP contribution is 2.28. The molecule has 176 valence electrons. The molecule has 0 aliphatic rings. The van der Waals surface area contributed by atoms with Gasteiger partial charge < -0.3 is 9.30 Å². The van der Waals surface area contributed by atoms with Crippen LogP contribution in [0.3, 0.4) is 0 Å². The molecular weight excluding hydrogens is 444 g/mol. The number of aromatic amines is 1. The van der Waals surface area contributed by atoms with Crippen LogP contribution in [-0.2, 0) is 17.7 Å². The number of rotatable bonds is 7. The van der Waals surface area contributed by atoms with Crippen molar-refractivity contribution < 1.29 is 9.53 Å². The van der Waals surface area contributed by atoms with Crippen LogP contribution in [0.25, 0.3) is 33.8 Å². The maximum absolute atomic E-state index is 12.2. The van der Waals surface area contributed by atoms with Gasteiger partial charge in [0.15, 0.2) is 17.2 Å². The Balaban J connectivity index is 1.52. The normalized spacial score (nSPS) is 11.2. The summed E-state index contributed by atoms with van der Waals surface area (Å²) in [5.41, 5.74) is 6.30. The SMILES string of the molecule is CCCc1nc2c(C)cc(C(=O)OC)nc2n1Cc1ccc(-c2ncccc2-c2nnn[nH]2)cc1. The molecule has 1 N–H and O–H groups in total. The van der Waals surface area contributed by atoms with E-state index in [1.165, 1.54) is 7.11 Å². The summed E-state index contributed by atoms with van der Waals surface area (Å²) in [6, 6.07) is 13.7. The van der Waals surface area contributed by atoms with Crippen molar-refractivity contribution in [2.45, 2.75) is 33.2 Å².